The Bertz CT molecular complexity index is 426. The summed E-state index contributed by atoms with van der Waals surface area (Å²) in [6.45, 7) is 6.78. The smallest absolute Gasteiger partial charge is 0.101 e. The van der Waals surface area contributed by atoms with Gasteiger partial charge in [0, 0.05) is 25.2 Å². The van der Waals surface area contributed by atoms with Crippen molar-refractivity contribution in [3.8, 4) is 6.07 Å². The first kappa shape index (κ1) is 12.9. The summed E-state index contributed by atoms with van der Waals surface area (Å²) in [5.41, 5.74) is 1.71. The maximum atomic E-state index is 9.06. The maximum absolute atomic E-state index is 9.06. The normalized spacial score (nSPS) is 17.7. The number of anilines is 1. The molecule has 0 aromatic heterocycles. The second kappa shape index (κ2) is 5.88. The summed E-state index contributed by atoms with van der Waals surface area (Å²) in [5.74, 6) is 0. The molecule has 0 unspecified atom stereocenters. The van der Waals surface area contributed by atoms with Gasteiger partial charge in [-0.15, -0.1) is 0 Å². The fraction of sp³-hybridized carbons (Fsp3) is 0.533. The van der Waals surface area contributed by atoms with Gasteiger partial charge >= 0.3 is 0 Å². The molecule has 1 aliphatic heterocycles. The Morgan fingerprint density at radius 3 is 2.56 bits per heavy atom. The first-order valence-electron chi connectivity index (χ1n) is 6.70. The first-order valence-corrected chi connectivity index (χ1v) is 6.70. The van der Waals surface area contributed by atoms with Crippen LogP contribution in [-0.4, -0.2) is 30.1 Å². The number of likely N-dealkylation sites (tertiary alicyclic amines) is 1. The van der Waals surface area contributed by atoms with Crippen molar-refractivity contribution in [3.05, 3.63) is 29.8 Å². The van der Waals surface area contributed by atoms with Crippen LogP contribution in [0.25, 0.3) is 0 Å². The molecule has 1 heterocycles. The molecule has 18 heavy (non-hydrogen) atoms. The number of para-hydroxylation sites is 1. The third kappa shape index (κ3) is 3.02. The van der Waals surface area contributed by atoms with Crippen molar-refractivity contribution in [1.82, 2.24) is 4.90 Å². The van der Waals surface area contributed by atoms with Crippen molar-refractivity contribution in [2.24, 2.45) is 0 Å². The number of piperidine rings is 1. The Morgan fingerprint density at radius 1 is 1.28 bits per heavy atom. The van der Waals surface area contributed by atoms with Gasteiger partial charge in [-0.05, 0) is 38.8 Å². The summed E-state index contributed by atoms with van der Waals surface area (Å²) in [7, 11) is 0. The minimum absolute atomic E-state index is 0.495. The monoisotopic (exact) mass is 243 g/mol. The van der Waals surface area contributed by atoms with E-state index in [2.05, 4.69) is 30.1 Å². The van der Waals surface area contributed by atoms with Gasteiger partial charge in [0.1, 0.15) is 6.07 Å². The Morgan fingerprint density at radius 2 is 1.94 bits per heavy atom. The highest BCUT2D eigenvalue weighted by Gasteiger charge is 2.20. The lowest BCUT2D eigenvalue weighted by atomic mass is 10.0. The number of rotatable bonds is 3. The third-order valence-electron chi connectivity index (χ3n) is 3.67. The molecule has 0 atom stereocenters. The van der Waals surface area contributed by atoms with Crippen LogP contribution in [0.2, 0.25) is 0 Å². The highest BCUT2D eigenvalue weighted by molar-refractivity contribution is 5.57. The summed E-state index contributed by atoms with van der Waals surface area (Å²) < 4.78 is 0. The van der Waals surface area contributed by atoms with Gasteiger partial charge in [-0.1, -0.05) is 12.1 Å². The van der Waals surface area contributed by atoms with Crippen LogP contribution in [0.3, 0.4) is 0 Å². The van der Waals surface area contributed by atoms with Crippen LogP contribution in [-0.2, 0) is 0 Å². The summed E-state index contributed by atoms with van der Waals surface area (Å²) in [6, 6.07) is 11.1. The molecule has 0 saturated carbocycles. The fourth-order valence-corrected chi connectivity index (χ4v) is 2.49. The highest BCUT2D eigenvalue weighted by atomic mass is 15.2. The molecule has 0 radical (unpaired) electrons. The van der Waals surface area contributed by atoms with E-state index >= 15 is 0 Å². The Kier molecular flexibility index (Phi) is 4.22. The molecule has 1 fully saturated rings. The largest absolute Gasteiger partial charge is 0.381 e. The van der Waals surface area contributed by atoms with Crippen molar-refractivity contribution < 1.29 is 0 Å². The molecule has 1 aromatic carbocycles. The molecule has 0 amide bonds. The van der Waals surface area contributed by atoms with Crippen LogP contribution in [0.1, 0.15) is 32.3 Å². The summed E-state index contributed by atoms with van der Waals surface area (Å²) in [5, 5.41) is 12.6. The fourth-order valence-electron chi connectivity index (χ4n) is 2.49. The van der Waals surface area contributed by atoms with E-state index < -0.39 is 0 Å². The number of nitriles is 1. The number of nitrogens with one attached hydrogen (secondary N) is 1. The number of hydrogen-bond donors (Lipinski definition) is 1. The molecule has 1 aliphatic rings. The van der Waals surface area contributed by atoms with Crippen molar-refractivity contribution in [3.63, 3.8) is 0 Å². The number of hydrogen-bond acceptors (Lipinski definition) is 3. The lowest BCUT2D eigenvalue weighted by Crippen LogP contribution is -2.42. The minimum atomic E-state index is 0.495. The van der Waals surface area contributed by atoms with E-state index in [9.17, 15) is 0 Å². The van der Waals surface area contributed by atoms with Gasteiger partial charge < -0.3 is 10.2 Å². The second-order valence-electron chi connectivity index (χ2n) is 5.21. The quantitative estimate of drug-likeness (QED) is 0.887. The van der Waals surface area contributed by atoms with Gasteiger partial charge in [0.15, 0.2) is 0 Å². The van der Waals surface area contributed by atoms with Crippen LogP contribution in [0, 0.1) is 11.3 Å². The molecule has 0 bridgehead atoms. The van der Waals surface area contributed by atoms with Gasteiger partial charge in [-0.2, -0.15) is 5.26 Å². The van der Waals surface area contributed by atoms with Gasteiger partial charge in [0.2, 0.25) is 0 Å². The van der Waals surface area contributed by atoms with Crippen LogP contribution < -0.4 is 5.32 Å². The van der Waals surface area contributed by atoms with Crippen molar-refractivity contribution >= 4 is 5.69 Å². The SMILES string of the molecule is CC(C)N1CCC(Nc2ccccc2C#N)CC1. The Hall–Kier alpha value is -1.53. The third-order valence-corrected chi connectivity index (χ3v) is 3.67. The van der Waals surface area contributed by atoms with Crippen LogP contribution in [0.5, 0.6) is 0 Å². The molecule has 3 heteroatoms. The average Bonchev–Trinajstić information content (AvgIpc) is 2.40. The summed E-state index contributed by atoms with van der Waals surface area (Å²) >= 11 is 0. The lowest BCUT2D eigenvalue weighted by Gasteiger charge is -2.35. The molecular formula is C15H21N3. The zero-order valence-electron chi connectivity index (χ0n) is 11.2. The topological polar surface area (TPSA) is 39.1 Å². The van der Waals surface area contributed by atoms with E-state index in [0.29, 0.717) is 12.1 Å². The number of nitrogens with zero attached hydrogens (tertiary/aromatic N) is 2. The first-order chi connectivity index (χ1) is 8.70. The molecular weight excluding hydrogens is 222 g/mol. The Balaban J connectivity index is 1.94. The van der Waals surface area contributed by atoms with E-state index in [1.54, 1.807) is 0 Å². The minimum Gasteiger partial charge on any atom is -0.381 e. The standard InChI is InChI=1S/C15H21N3/c1-12(2)18-9-7-14(8-10-18)17-15-6-4-3-5-13(15)11-16/h3-6,12,14,17H,7-10H2,1-2H3. The van der Waals surface area contributed by atoms with Crippen LogP contribution in [0.4, 0.5) is 5.69 Å². The van der Waals surface area contributed by atoms with Crippen LogP contribution >= 0.6 is 0 Å². The van der Waals surface area contributed by atoms with Gasteiger partial charge in [0.25, 0.3) is 0 Å². The summed E-state index contributed by atoms with van der Waals surface area (Å²) in [4.78, 5) is 2.51. The van der Waals surface area contributed by atoms with Gasteiger partial charge in [0.05, 0.1) is 11.3 Å². The molecule has 0 spiro atoms. The molecule has 2 rings (SSSR count). The molecule has 1 saturated heterocycles. The van der Waals surface area contributed by atoms with E-state index in [0.717, 1.165) is 37.2 Å². The molecule has 0 aliphatic carbocycles. The van der Waals surface area contributed by atoms with Gasteiger partial charge in [-0.25, -0.2) is 0 Å². The second-order valence-corrected chi connectivity index (χ2v) is 5.21. The molecule has 3 nitrogen and oxygen atoms in total. The number of benzene rings is 1. The van der Waals surface area contributed by atoms with Crippen molar-refractivity contribution in [1.29, 1.82) is 5.26 Å². The average molecular weight is 243 g/mol. The predicted molar refractivity (Wildman–Crippen MR) is 74.5 cm³/mol. The van der Waals surface area contributed by atoms with E-state index in [4.69, 9.17) is 5.26 Å². The summed E-state index contributed by atoms with van der Waals surface area (Å²) in [6.07, 6.45) is 2.30. The zero-order chi connectivity index (χ0) is 13.0. The predicted octanol–water partition coefficient (Wildman–Crippen LogP) is 2.84. The van der Waals surface area contributed by atoms with Crippen molar-refractivity contribution in [2.45, 2.75) is 38.8 Å². The lowest BCUT2D eigenvalue weighted by molar-refractivity contribution is 0.177. The van der Waals surface area contributed by atoms with Crippen molar-refractivity contribution in [2.75, 3.05) is 18.4 Å². The molecule has 1 aromatic rings. The molecule has 96 valence electrons. The van der Waals surface area contributed by atoms with E-state index in [1.807, 2.05) is 24.3 Å². The molecule has 1 N–H and O–H groups in total. The van der Waals surface area contributed by atoms with Crippen LogP contribution in [0.15, 0.2) is 24.3 Å². The zero-order valence-corrected chi connectivity index (χ0v) is 11.2. The van der Waals surface area contributed by atoms with E-state index in [1.165, 1.54) is 0 Å². The van der Waals surface area contributed by atoms with Gasteiger partial charge in [-0.3, -0.25) is 0 Å². The maximum Gasteiger partial charge on any atom is 0.101 e. The highest BCUT2D eigenvalue weighted by Crippen LogP contribution is 2.20. The van der Waals surface area contributed by atoms with E-state index in [-0.39, 0.29) is 0 Å². The Labute approximate surface area is 109 Å².